The zero-order valence-corrected chi connectivity index (χ0v) is 17.3. The molecule has 0 saturated heterocycles. The molecule has 0 saturated carbocycles. The van der Waals surface area contributed by atoms with Crippen LogP contribution in [0.1, 0.15) is 33.7 Å². The van der Waals surface area contributed by atoms with Crippen LogP contribution < -0.4 is 5.43 Å². The highest BCUT2D eigenvalue weighted by atomic mass is 32.2. The summed E-state index contributed by atoms with van der Waals surface area (Å²) in [6, 6.07) is 14.6. The van der Waals surface area contributed by atoms with E-state index in [1.807, 2.05) is 38.1 Å². The number of rotatable bonds is 3. The Bertz CT molecular complexity index is 1260. The minimum absolute atomic E-state index is 0.0324. The van der Waals surface area contributed by atoms with Gasteiger partial charge in [-0.2, -0.15) is 5.10 Å². The van der Waals surface area contributed by atoms with E-state index in [1.165, 1.54) is 6.07 Å². The Hall–Kier alpha value is -3.26. The summed E-state index contributed by atoms with van der Waals surface area (Å²) in [5.74, 6) is -1.12. The molecule has 8 heteroatoms. The van der Waals surface area contributed by atoms with Crippen LogP contribution in [0.5, 0.6) is 0 Å². The molecular formula is C22H20FN3O3S. The Morgan fingerprint density at radius 1 is 1.03 bits per heavy atom. The molecule has 0 radical (unpaired) electrons. The lowest BCUT2D eigenvalue weighted by Crippen LogP contribution is -2.26. The smallest absolute Gasteiger partial charge is 0.271 e. The largest absolute Gasteiger partial charge is 0.319 e. The number of hydrogen-bond donors (Lipinski definition) is 1. The predicted octanol–water partition coefficient (Wildman–Crippen LogP) is 3.54. The molecule has 3 aromatic rings. The van der Waals surface area contributed by atoms with Crippen molar-refractivity contribution in [3.8, 4) is 5.69 Å². The summed E-state index contributed by atoms with van der Waals surface area (Å²) in [4.78, 5) is 12.5. The minimum atomic E-state index is -3.48. The Labute approximate surface area is 174 Å². The van der Waals surface area contributed by atoms with Gasteiger partial charge < -0.3 is 4.57 Å². The van der Waals surface area contributed by atoms with Crippen molar-refractivity contribution in [1.29, 1.82) is 0 Å². The molecule has 0 aliphatic carbocycles. The Morgan fingerprint density at radius 2 is 1.70 bits per heavy atom. The van der Waals surface area contributed by atoms with Crippen LogP contribution in [-0.2, 0) is 9.84 Å². The lowest BCUT2D eigenvalue weighted by molar-refractivity contribution is 0.0955. The van der Waals surface area contributed by atoms with E-state index in [0.29, 0.717) is 11.3 Å². The van der Waals surface area contributed by atoms with Crippen molar-refractivity contribution in [1.82, 2.24) is 9.99 Å². The molecule has 154 valence electrons. The van der Waals surface area contributed by atoms with Crippen LogP contribution in [0, 0.1) is 19.7 Å². The number of hydrazone groups is 1. The van der Waals surface area contributed by atoms with Crippen molar-refractivity contribution in [2.45, 2.75) is 25.2 Å². The molecule has 2 heterocycles. The molecule has 6 nitrogen and oxygen atoms in total. The zero-order valence-electron chi connectivity index (χ0n) is 16.5. The number of benzene rings is 2. The molecule has 1 aromatic heterocycles. The maximum absolute atomic E-state index is 13.7. The molecule has 0 fully saturated rings. The van der Waals surface area contributed by atoms with Gasteiger partial charge in [0.1, 0.15) is 5.82 Å². The third-order valence-corrected chi connectivity index (χ3v) is 6.91. The lowest BCUT2D eigenvalue weighted by Gasteiger charge is -2.18. The first kappa shape index (κ1) is 20.0. The number of aromatic nitrogens is 1. The molecule has 1 N–H and O–H groups in total. The molecule has 30 heavy (non-hydrogen) atoms. The highest BCUT2D eigenvalue weighted by molar-refractivity contribution is 7.91. The van der Waals surface area contributed by atoms with E-state index in [0.717, 1.165) is 29.2 Å². The summed E-state index contributed by atoms with van der Waals surface area (Å²) in [6.45, 7) is 4.02. The van der Waals surface area contributed by atoms with Gasteiger partial charge in [-0.25, -0.2) is 18.2 Å². The van der Waals surface area contributed by atoms with E-state index in [9.17, 15) is 17.6 Å². The molecule has 0 bridgehead atoms. The van der Waals surface area contributed by atoms with Crippen LogP contribution >= 0.6 is 0 Å². The van der Waals surface area contributed by atoms with E-state index in [2.05, 4.69) is 15.1 Å². The molecule has 1 aliphatic heterocycles. The van der Waals surface area contributed by atoms with E-state index < -0.39 is 21.6 Å². The SMILES string of the molecule is Cc1ccc(C)n1-c1ccc(C(=O)N/N=C2\CCS(=O)(=O)c3ccc(F)cc32)cc1. The first-order valence-corrected chi connectivity index (χ1v) is 11.1. The molecule has 4 rings (SSSR count). The highest BCUT2D eigenvalue weighted by Gasteiger charge is 2.28. The summed E-state index contributed by atoms with van der Waals surface area (Å²) in [6.07, 6.45) is 0.101. The van der Waals surface area contributed by atoms with Gasteiger partial charge in [0.2, 0.25) is 0 Å². The number of aryl methyl sites for hydroxylation is 2. The van der Waals surface area contributed by atoms with Crippen LogP contribution in [0.3, 0.4) is 0 Å². The maximum Gasteiger partial charge on any atom is 0.271 e. The number of halogens is 1. The van der Waals surface area contributed by atoms with Crippen molar-refractivity contribution in [3.63, 3.8) is 0 Å². The van der Waals surface area contributed by atoms with Crippen molar-refractivity contribution in [2.75, 3.05) is 5.75 Å². The average Bonchev–Trinajstić information content (AvgIpc) is 3.05. The monoisotopic (exact) mass is 425 g/mol. The van der Waals surface area contributed by atoms with Crippen LogP contribution in [-0.4, -0.2) is 30.4 Å². The average molecular weight is 425 g/mol. The Balaban J connectivity index is 1.57. The fourth-order valence-corrected chi connectivity index (χ4v) is 5.08. The molecule has 0 spiro atoms. The van der Waals surface area contributed by atoms with Crippen LogP contribution in [0.2, 0.25) is 0 Å². The van der Waals surface area contributed by atoms with E-state index >= 15 is 0 Å². The second-order valence-corrected chi connectivity index (χ2v) is 9.28. The molecule has 1 amide bonds. The number of nitrogens with one attached hydrogen (secondary N) is 1. The van der Waals surface area contributed by atoms with Gasteiger partial charge >= 0.3 is 0 Å². The quantitative estimate of drug-likeness (QED) is 0.515. The number of sulfone groups is 1. The van der Waals surface area contributed by atoms with Gasteiger partial charge in [0.25, 0.3) is 5.91 Å². The normalized spacial score (nSPS) is 16.3. The van der Waals surface area contributed by atoms with Gasteiger partial charge in [-0.1, -0.05) is 0 Å². The first-order valence-electron chi connectivity index (χ1n) is 9.41. The summed E-state index contributed by atoms with van der Waals surface area (Å²) in [7, 11) is -3.48. The van der Waals surface area contributed by atoms with Crippen LogP contribution in [0.4, 0.5) is 4.39 Å². The molecule has 1 aliphatic rings. The van der Waals surface area contributed by atoms with Crippen molar-refractivity contribution >= 4 is 21.5 Å². The first-order chi connectivity index (χ1) is 14.3. The topological polar surface area (TPSA) is 80.5 Å². The lowest BCUT2D eigenvalue weighted by atomic mass is 10.1. The Kier molecular flexibility index (Phi) is 5.03. The number of carbonyl (C=O) groups is 1. The second kappa shape index (κ2) is 7.53. The van der Waals surface area contributed by atoms with Crippen molar-refractivity contribution in [2.24, 2.45) is 5.10 Å². The van der Waals surface area contributed by atoms with Crippen molar-refractivity contribution in [3.05, 3.63) is 82.9 Å². The summed E-state index contributed by atoms with van der Waals surface area (Å²) >= 11 is 0. The second-order valence-electron chi connectivity index (χ2n) is 7.21. The van der Waals surface area contributed by atoms with Gasteiger partial charge in [0.15, 0.2) is 9.84 Å². The number of hydrogen-bond acceptors (Lipinski definition) is 4. The van der Waals surface area contributed by atoms with Gasteiger partial charge in [-0.3, -0.25) is 4.79 Å². The fraction of sp³-hybridized carbons (Fsp3) is 0.182. The standard InChI is InChI=1S/C22H20FN3O3S/c1-14-3-4-15(2)26(14)18-8-5-16(6-9-18)22(27)25-24-20-11-12-30(28,29)21-10-7-17(23)13-19(20)21/h3-10,13H,11-12H2,1-2H3,(H,25,27)/b24-20+. The van der Waals surface area contributed by atoms with Crippen molar-refractivity contribution < 1.29 is 17.6 Å². The minimum Gasteiger partial charge on any atom is -0.319 e. The number of fused-ring (bicyclic) bond motifs is 1. The number of amides is 1. The predicted molar refractivity (Wildman–Crippen MR) is 112 cm³/mol. The van der Waals surface area contributed by atoms with Crippen LogP contribution in [0.25, 0.3) is 5.69 Å². The van der Waals surface area contributed by atoms with Gasteiger partial charge in [0, 0.05) is 34.6 Å². The molecule has 2 aromatic carbocycles. The Morgan fingerprint density at radius 3 is 2.37 bits per heavy atom. The third-order valence-electron chi connectivity index (χ3n) is 5.15. The molecule has 0 unspecified atom stereocenters. The van der Waals surface area contributed by atoms with Gasteiger partial charge in [0.05, 0.1) is 16.4 Å². The summed E-state index contributed by atoms with van der Waals surface area (Å²) in [5, 5.41) is 4.09. The maximum atomic E-state index is 13.7. The van der Waals surface area contributed by atoms with Gasteiger partial charge in [-0.05, 0) is 68.4 Å². The zero-order chi connectivity index (χ0) is 21.5. The summed E-state index contributed by atoms with van der Waals surface area (Å²) < 4.78 is 40.1. The molecule has 0 atom stereocenters. The number of nitrogens with zero attached hydrogens (tertiary/aromatic N) is 2. The number of carbonyl (C=O) groups excluding carboxylic acids is 1. The fourth-order valence-electron chi connectivity index (χ4n) is 3.61. The van der Waals surface area contributed by atoms with E-state index in [-0.39, 0.29) is 22.6 Å². The third kappa shape index (κ3) is 3.66. The molecular weight excluding hydrogens is 405 g/mol. The summed E-state index contributed by atoms with van der Waals surface area (Å²) in [5.41, 5.74) is 6.52. The van der Waals surface area contributed by atoms with Gasteiger partial charge in [-0.15, -0.1) is 0 Å². The van der Waals surface area contributed by atoms with Crippen LogP contribution in [0.15, 0.2) is 64.6 Å². The highest BCUT2D eigenvalue weighted by Crippen LogP contribution is 2.26. The van der Waals surface area contributed by atoms with E-state index in [1.54, 1.807) is 12.1 Å². The van der Waals surface area contributed by atoms with E-state index in [4.69, 9.17) is 0 Å².